The van der Waals surface area contributed by atoms with Gasteiger partial charge in [0, 0.05) is 17.6 Å². The highest BCUT2D eigenvalue weighted by molar-refractivity contribution is 7.11. The molecule has 0 spiro atoms. The first kappa shape index (κ1) is 17.3. The number of anilines is 1. The van der Waals surface area contributed by atoms with Gasteiger partial charge in [0.2, 0.25) is 5.95 Å². The first-order chi connectivity index (χ1) is 12.0. The van der Waals surface area contributed by atoms with Gasteiger partial charge in [0.25, 0.3) is 5.91 Å². The summed E-state index contributed by atoms with van der Waals surface area (Å²) in [5.41, 5.74) is 8.66. The molecule has 0 atom stereocenters. The summed E-state index contributed by atoms with van der Waals surface area (Å²) < 4.78 is 1.81. The number of carbonyl (C=O) groups excluding carboxylic acids is 1. The fourth-order valence-electron chi connectivity index (χ4n) is 2.70. The topological polar surface area (TPSA) is 98.7 Å². The van der Waals surface area contributed by atoms with Crippen LogP contribution in [0.15, 0.2) is 12.3 Å². The molecule has 8 heteroatoms. The first-order valence-corrected chi connectivity index (χ1v) is 9.20. The Hall–Kier alpha value is -2.48. The maximum Gasteiger partial charge on any atom is 0.253 e. The van der Waals surface area contributed by atoms with Gasteiger partial charge in [-0.3, -0.25) is 9.36 Å². The van der Waals surface area contributed by atoms with Crippen molar-refractivity contribution in [2.75, 3.05) is 5.73 Å². The van der Waals surface area contributed by atoms with Crippen molar-refractivity contribution < 1.29 is 4.79 Å². The van der Waals surface area contributed by atoms with E-state index in [4.69, 9.17) is 5.73 Å². The lowest BCUT2D eigenvalue weighted by Gasteiger charge is -2.04. The molecule has 132 valence electrons. The van der Waals surface area contributed by atoms with Gasteiger partial charge >= 0.3 is 0 Å². The predicted molar refractivity (Wildman–Crippen MR) is 99.6 cm³/mol. The molecule has 7 nitrogen and oxygen atoms in total. The Balaban J connectivity index is 1.74. The molecule has 0 saturated heterocycles. The van der Waals surface area contributed by atoms with Crippen LogP contribution in [0.3, 0.4) is 0 Å². The SMILES string of the molecule is CCCc1nc(C)c(CNC(=O)c2cnc3c(c2)nc(N)n3CC)s1. The van der Waals surface area contributed by atoms with Crippen LogP contribution in [0.2, 0.25) is 0 Å². The number of hydrogen-bond acceptors (Lipinski definition) is 6. The van der Waals surface area contributed by atoms with E-state index < -0.39 is 0 Å². The Kier molecular flexibility index (Phi) is 4.98. The molecule has 3 heterocycles. The minimum Gasteiger partial charge on any atom is -0.369 e. The molecule has 3 aromatic rings. The fraction of sp³-hybridized carbons (Fsp3) is 0.412. The zero-order valence-electron chi connectivity index (χ0n) is 14.7. The number of fused-ring (bicyclic) bond motifs is 1. The molecule has 3 rings (SSSR count). The third-order valence-corrected chi connectivity index (χ3v) is 5.22. The normalized spacial score (nSPS) is 11.2. The number of thiazole rings is 1. The molecular formula is C17H22N6OS. The third kappa shape index (κ3) is 3.48. The minimum atomic E-state index is -0.177. The lowest BCUT2D eigenvalue weighted by molar-refractivity contribution is 0.0951. The van der Waals surface area contributed by atoms with Crippen molar-refractivity contribution in [3.8, 4) is 0 Å². The van der Waals surface area contributed by atoms with Crippen LogP contribution in [0, 0.1) is 6.92 Å². The zero-order chi connectivity index (χ0) is 18.0. The molecule has 0 aliphatic rings. The molecule has 1 amide bonds. The second-order valence-electron chi connectivity index (χ2n) is 5.83. The lowest BCUT2D eigenvalue weighted by atomic mass is 10.2. The number of nitrogens with one attached hydrogen (secondary N) is 1. The molecule has 0 radical (unpaired) electrons. The van der Waals surface area contributed by atoms with Crippen LogP contribution in [0.4, 0.5) is 5.95 Å². The fourth-order valence-corrected chi connectivity index (χ4v) is 3.81. The van der Waals surface area contributed by atoms with E-state index in [1.165, 1.54) is 0 Å². The number of nitrogen functional groups attached to an aromatic ring is 1. The maximum absolute atomic E-state index is 12.4. The number of hydrogen-bond donors (Lipinski definition) is 2. The van der Waals surface area contributed by atoms with Gasteiger partial charge in [-0.1, -0.05) is 6.92 Å². The molecule has 0 saturated carbocycles. The highest BCUT2D eigenvalue weighted by Crippen LogP contribution is 2.20. The monoisotopic (exact) mass is 358 g/mol. The van der Waals surface area contributed by atoms with Gasteiger partial charge < -0.3 is 11.1 Å². The van der Waals surface area contributed by atoms with E-state index in [9.17, 15) is 4.79 Å². The molecule has 3 aromatic heterocycles. The van der Waals surface area contributed by atoms with Gasteiger partial charge in [0.05, 0.1) is 22.8 Å². The molecule has 0 unspecified atom stereocenters. The van der Waals surface area contributed by atoms with Crippen molar-refractivity contribution >= 4 is 34.4 Å². The Morgan fingerprint density at radius 2 is 2.16 bits per heavy atom. The Morgan fingerprint density at radius 1 is 1.36 bits per heavy atom. The number of rotatable bonds is 6. The Bertz CT molecular complexity index is 913. The number of amides is 1. The average Bonchev–Trinajstić information content (AvgIpc) is 3.10. The summed E-state index contributed by atoms with van der Waals surface area (Å²) in [6.45, 7) is 7.24. The quantitative estimate of drug-likeness (QED) is 0.706. The van der Waals surface area contributed by atoms with E-state index in [0.29, 0.717) is 35.8 Å². The number of aryl methyl sites for hydroxylation is 3. The summed E-state index contributed by atoms with van der Waals surface area (Å²) in [5.74, 6) is 0.232. The maximum atomic E-state index is 12.4. The number of carbonyl (C=O) groups is 1. The summed E-state index contributed by atoms with van der Waals surface area (Å²) in [5, 5.41) is 4.06. The summed E-state index contributed by atoms with van der Waals surface area (Å²) >= 11 is 1.66. The van der Waals surface area contributed by atoms with Crippen LogP contribution in [0.1, 0.15) is 46.2 Å². The molecule has 0 aromatic carbocycles. The number of nitrogens with two attached hydrogens (primary N) is 1. The average molecular weight is 358 g/mol. The molecule has 25 heavy (non-hydrogen) atoms. The van der Waals surface area contributed by atoms with Crippen molar-refractivity contribution in [2.24, 2.45) is 0 Å². The summed E-state index contributed by atoms with van der Waals surface area (Å²) in [4.78, 5) is 26.7. The minimum absolute atomic E-state index is 0.177. The lowest BCUT2D eigenvalue weighted by Crippen LogP contribution is -2.22. The van der Waals surface area contributed by atoms with Gasteiger partial charge in [-0.25, -0.2) is 15.0 Å². The summed E-state index contributed by atoms with van der Waals surface area (Å²) in [7, 11) is 0. The molecule has 0 fully saturated rings. The summed E-state index contributed by atoms with van der Waals surface area (Å²) in [6, 6.07) is 1.72. The smallest absolute Gasteiger partial charge is 0.253 e. The Morgan fingerprint density at radius 3 is 2.88 bits per heavy atom. The second kappa shape index (κ2) is 7.18. The van der Waals surface area contributed by atoms with E-state index in [-0.39, 0.29) is 5.91 Å². The van der Waals surface area contributed by atoms with E-state index in [1.807, 2.05) is 18.4 Å². The largest absolute Gasteiger partial charge is 0.369 e. The molecule has 3 N–H and O–H groups in total. The number of nitrogens with zero attached hydrogens (tertiary/aromatic N) is 4. The van der Waals surface area contributed by atoms with Crippen molar-refractivity contribution in [1.82, 2.24) is 24.8 Å². The molecule has 0 aliphatic carbocycles. The Labute approximate surface area is 150 Å². The third-order valence-electron chi connectivity index (χ3n) is 4.00. The molecule has 0 aliphatic heterocycles. The van der Waals surface area contributed by atoms with E-state index in [2.05, 4.69) is 27.2 Å². The van der Waals surface area contributed by atoms with Crippen LogP contribution in [-0.4, -0.2) is 25.4 Å². The standard InChI is InChI=1S/C17H22N6OS/c1-4-6-14-21-10(3)13(25-14)9-20-16(24)11-7-12-15(19-8-11)23(5-2)17(18)22-12/h7-8H,4-6,9H2,1-3H3,(H2,18,22)(H,20,24). The van der Waals surface area contributed by atoms with E-state index >= 15 is 0 Å². The highest BCUT2D eigenvalue weighted by atomic mass is 32.1. The first-order valence-electron chi connectivity index (χ1n) is 8.38. The van der Waals surface area contributed by atoms with Crippen LogP contribution in [-0.2, 0) is 19.5 Å². The van der Waals surface area contributed by atoms with Crippen molar-refractivity contribution in [3.63, 3.8) is 0 Å². The predicted octanol–water partition coefficient (Wildman–Crippen LogP) is 2.68. The van der Waals surface area contributed by atoms with E-state index in [1.54, 1.807) is 23.6 Å². The van der Waals surface area contributed by atoms with Gasteiger partial charge in [0.15, 0.2) is 5.65 Å². The zero-order valence-corrected chi connectivity index (χ0v) is 15.5. The molecular weight excluding hydrogens is 336 g/mol. The van der Waals surface area contributed by atoms with Crippen LogP contribution < -0.4 is 11.1 Å². The molecule has 0 bridgehead atoms. The van der Waals surface area contributed by atoms with Crippen molar-refractivity contribution in [2.45, 2.75) is 46.7 Å². The number of pyridine rings is 1. The van der Waals surface area contributed by atoms with Crippen LogP contribution in [0.5, 0.6) is 0 Å². The van der Waals surface area contributed by atoms with Gasteiger partial charge in [-0.2, -0.15) is 0 Å². The van der Waals surface area contributed by atoms with E-state index in [0.717, 1.165) is 28.4 Å². The second-order valence-corrected chi connectivity index (χ2v) is 7.00. The number of aromatic nitrogens is 4. The van der Waals surface area contributed by atoms with Gasteiger partial charge in [-0.15, -0.1) is 11.3 Å². The van der Waals surface area contributed by atoms with Crippen LogP contribution >= 0.6 is 11.3 Å². The van der Waals surface area contributed by atoms with Crippen molar-refractivity contribution in [3.05, 3.63) is 33.4 Å². The van der Waals surface area contributed by atoms with Crippen molar-refractivity contribution in [1.29, 1.82) is 0 Å². The van der Waals surface area contributed by atoms with Gasteiger partial charge in [-0.05, 0) is 32.8 Å². The summed E-state index contributed by atoms with van der Waals surface area (Å²) in [6.07, 6.45) is 3.60. The number of imidazole rings is 1. The highest BCUT2D eigenvalue weighted by Gasteiger charge is 2.14. The van der Waals surface area contributed by atoms with Gasteiger partial charge in [0.1, 0.15) is 5.52 Å². The van der Waals surface area contributed by atoms with Crippen LogP contribution in [0.25, 0.3) is 11.2 Å².